The molecule has 2 heterocycles. The summed E-state index contributed by atoms with van der Waals surface area (Å²) >= 11 is 0. The summed E-state index contributed by atoms with van der Waals surface area (Å²) < 4.78 is 0. The van der Waals surface area contributed by atoms with Crippen LogP contribution in [-0.4, -0.2) is 55.0 Å². The van der Waals surface area contributed by atoms with Crippen LogP contribution in [0, 0.1) is 11.5 Å². The van der Waals surface area contributed by atoms with E-state index in [0.717, 1.165) is 45.2 Å². The molecule has 0 atom stereocenters. The van der Waals surface area contributed by atoms with E-state index in [4.69, 9.17) is 5.26 Å². The molecule has 2 rings (SSSR count). The maximum Gasteiger partial charge on any atom is 0.212 e. The van der Waals surface area contributed by atoms with Crippen molar-refractivity contribution in [3.8, 4) is 6.19 Å². The van der Waals surface area contributed by atoms with Crippen molar-refractivity contribution in [3.63, 3.8) is 0 Å². The van der Waals surface area contributed by atoms with Crippen LogP contribution in [0.2, 0.25) is 0 Å². The Morgan fingerprint density at radius 2 is 1.79 bits per heavy atom. The molecule has 2 fully saturated rings. The summed E-state index contributed by atoms with van der Waals surface area (Å²) in [5.74, 6) is 0.875. The molecular weight excluding hydrogens is 178 g/mol. The zero-order valence-corrected chi connectivity index (χ0v) is 8.24. The van der Waals surface area contributed by atoms with E-state index in [-0.39, 0.29) is 0 Å². The highest BCUT2D eigenvalue weighted by Crippen LogP contribution is 2.10. The van der Waals surface area contributed by atoms with Crippen LogP contribution in [0.5, 0.6) is 0 Å². The number of likely N-dealkylation sites (tertiary alicyclic amines) is 1. The van der Waals surface area contributed by atoms with Crippen LogP contribution in [0.25, 0.3) is 0 Å². The standard InChI is InChI=1S/C9H15N5/c10-8-12-9(13-4-1-5-13)14-6-2-11-3-7-14/h11H,1-7H2/b12-9+. The van der Waals surface area contributed by atoms with Gasteiger partial charge in [0, 0.05) is 39.3 Å². The summed E-state index contributed by atoms with van der Waals surface area (Å²) in [7, 11) is 0. The lowest BCUT2D eigenvalue weighted by molar-refractivity contribution is 0.235. The monoisotopic (exact) mass is 193 g/mol. The number of nitrogens with zero attached hydrogens (tertiary/aromatic N) is 4. The highest BCUT2D eigenvalue weighted by atomic mass is 15.4. The SMILES string of the molecule is N#C/N=C(\N1CCC1)N1CCNCC1. The molecule has 0 saturated carbocycles. The molecule has 0 bridgehead atoms. The summed E-state index contributed by atoms with van der Waals surface area (Å²) in [5, 5.41) is 11.9. The summed E-state index contributed by atoms with van der Waals surface area (Å²) in [5.41, 5.74) is 0. The molecule has 0 radical (unpaired) electrons. The van der Waals surface area contributed by atoms with Crippen LogP contribution < -0.4 is 5.32 Å². The first-order chi connectivity index (χ1) is 6.92. The van der Waals surface area contributed by atoms with Crippen LogP contribution in [0.15, 0.2) is 4.99 Å². The molecule has 0 aromatic rings. The van der Waals surface area contributed by atoms with Crippen molar-refractivity contribution in [2.24, 2.45) is 4.99 Å². The van der Waals surface area contributed by atoms with Crippen molar-refractivity contribution in [3.05, 3.63) is 0 Å². The number of nitrogens with one attached hydrogen (secondary N) is 1. The lowest BCUT2D eigenvalue weighted by Crippen LogP contribution is -2.55. The molecular formula is C9H15N5. The molecule has 5 nitrogen and oxygen atoms in total. The summed E-state index contributed by atoms with van der Waals surface area (Å²) in [6.07, 6.45) is 3.12. The third-order valence-electron chi connectivity index (χ3n) is 2.69. The molecule has 0 unspecified atom stereocenters. The maximum atomic E-state index is 8.63. The minimum Gasteiger partial charge on any atom is -0.342 e. The van der Waals surface area contributed by atoms with E-state index in [1.165, 1.54) is 6.42 Å². The van der Waals surface area contributed by atoms with Crippen LogP contribution in [-0.2, 0) is 0 Å². The third-order valence-corrected chi connectivity index (χ3v) is 2.69. The number of piperazine rings is 1. The Morgan fingerprint density at radius 3 is 2.29 bits per heavy atom. The fraction of sp³-hybridized carbons (Fsp3) is 0.778. The number of hydrogen-bond acceptors (Lipinski definition) is 3. The van der Waals surface area contributed by atoms with Gasteiger partial charge in [0.1, 0.15) is 0 Å². The quantitative estimate of drug-likeness (QED) is 0.318. The summed E-state index contributed by atoms with van der Waals surface area (Å²) in [6.45, 7) is 5.97. The van der Waals surface area contributed by atoms with Gasteiger partial charge in [0.15, 0.2) is 0 Å². The number of guanidine groups is 1. The summed E-state index contributed by atoms with van der Waals surface area (Å²) in [6, 6.07) is 0. The Labute approximate surface area is 84.0 Å². The average Bonchev–Trinajstić information content (AvgIpc) is 2.16. The van der Waals surface area contributed by atoms with Crippen LogP contribution in [0.3, 0.4) is 0 Å². The second-order valence-corrected chi connectivity index (χ2v) is 3.59. The molecule has 76 valence electrons. The molecule has 2 aliphatic rings. The molecule has 0 aromatic carbocycles. The van der Waals surface area contributed by atoms with E-state index in [9.17, 15) is 0 Å². The van der Waals surface area contributed by atoms with Crippen molar-refractivity contribution < 1.29 is 0 Å². The lowest BCUT2D eigenvalue weighted by atomic mass is 10.2. The van der Waals surface area contributed by atoms with E-state index in [0.29, 0.717) is 0 Å². The van der Waals surface area contributed by atoms with Gasteiger partial charge in [-0.3, -0.25) is 0 Å². The van der Waals surface area contributed by atoms with E-state index in [1.807, 2.05) is 6.19 Å². The molecule has 2 aliphatic heterocycles. The van der Waals surface area contributed by atoms with Crippen molar-refractivity contribution >= 4 is 5.96 Å². The zero-order chi connectivity index (χ0) is 9.80. The molecule has 2 saturated heterocycles. The minimum atomic E-state index is 0.875. The predicted molar refractivity (Wildman–Crippen MR) is 53.7 cm³/mol. The first-order valence-corrected chi connectivity index (χ1v) is 5.09. The van der Waals surface area contributed by atoms with Gasteiger partial charge < -0.3 is 15.1 Å². The van der Waals surface area contributed by atoms with Gasteiger partial charge in [0.05, 0.1) is 0 Å². The van der Waals surface area contributed by atoms with Gasteiger partial charge in [-0.1, -0.05) is 0 Å². The fourth-order valence-corrected chi connectivity index (χ4v) is 1.77. The smallest absolute Gasteiger partial charge is 0.212 e. The van der Waals surface area contributed by atoms with Crippen LogP contribution in [0.4, 0.5) is 0 Å². The van der Waals surface area contributed by atoms with E-state index in [2.05, 4.69) is 20.1 Å². The maximum absolute atomic E-state index is 8.63. The second-order valence-electron chi connectivity index (χ2n) is 3.59. The van der Waals surface area contributed by atoms with Gasteiger partial charge in [0.2, 0.25) is 12.2 Å². The molecule has 0 aliphatic carbocycles. The Hall–Kier alpha value is -1.28. The van der Waals surface area contributed by atoms with Crippen LogP contribution >= 0.6 is 0 Å². The van der Waals surface area contributed by atoms with Gasteiger partial charge >= 0.3 is 0 Å². The fourth-order valence-electron chi connectivity index (χ4n) is 1.77. The van der Waals surface area contributed by atoms with Gasteiger partial charge in [-0.05, 0) is 6.42 Å². The van der Waals surface area contributed by atoms with Crippen molar-refractivity contribution in [2.75, 3.05) is 39.3 Å². The van der Waals surface area contributed by atoms with E-state index >= 15 is 0 Å². The average molecular weight is 193 g/mol. The normalized spacial score (nSPS) is 22.9. The Morgan fingerprint density at radius 1 is 1.14 bits per heavy atom. The number of rotatable bonds is 0. The molecule has 0 spiro atoms. The highest BCUT2D eigenvalue weighted by Gasteiger charge is 2.24. The van der Waals surface area contributed by atoms with Gasteiger partial charge in [-0.2, -0.15) is 5.26 Å². The molecule has 5 heteroatoms. The molecule has 14 heavy (non-hydrogen) atoms. The van der Waals surface area contributed by atoms with Crippen molar-refractivity contribution in [1.82, 2.24) is 15.1 Å². The molecule has 0 amide bonds. The second kappa shape index (κ2) is 4.29. The van der Waals surface area contributed by atoms with Crippen molar-refractivity contribution in [2.45, 2.75) is 6.42 Å². The molecule has 1 N–H and O–H groups in total. The third kappa shape index (κ3) is 1.80. The van der Waals surface area contributed by atoms with Gasteiger partial charge in [0.25, 0.3) is 0 Å². The highest BCUT2D eigenvalue weighted by molar-refractivity contribution is 5.81. The predicted octanol–water partition coefficient (Wildman–Crippen LogP) is -0.566. The van der Waals surface area contributed by atoms with Crippen LogP contribution in [0.1, 0.15) is 6.42 Å². The van der Waals surface area contributed by atoms with Crippen molar-refractivity contribution in [1.29, 1.82) is 5.26 Å². The lowest BCUT2D eigenvalue weighted by Gasteiger charge is -2.40. The topological polar surface area (TPSA) is 54.7 Å². The minimum absolute atomic E-state index is 0.875. The number of hydrogen-bond donors (Lipinski definition) is 1. The van der Waals surface area contributed by atoms with Gasteiger partial charge in [-0.25, -0.2) is 0 Å². The zero-order valence-electron chi connectivity index (χ0n) is 8.24. The Bertz CT molecular complexity index is 257. The largest absolute Gasteiger partial charge is 0.342 e. The van der Waals surface area contributed by atoms with E-state index < -0.39 is 0 Å². The molecule has 0 aromatic heterocycles. The Balaban J connectivity index is 2.02. The Kier molecular flexibility index (Phi) is 2.84. The van der Waals surface area contributed by atoms with Gasteiger partial charge in [-0.15, -0.1) is 4.99 Å². The number of aliphatic imine (C=N–C) groups is 1. The first-order valence-electron chi connectivity index (χ1n) is 5.09. The first kappa shape index (κ1) is 9.28. The number of nitriles is 1. The van der Waals surface area contributed by atoms with E-state index in [1.54, 1.807) is 0 Å². The summed E-state index contributed by atoms with van der Waals surface area (Å²) in [4.78, 5) is 8.28.